The van der Waals surface area contributed by atoms with Crippen LogP contribution < -0.4 is 5.73 Å². The van der Waals surface area contributed by atoms with E-state index >= 15 is 0 Å². The maximum atomic E-state index is 6.10. The van der Waals surface area contributed by atoms with Crippen LogP contribution in [0.15, 0.2) is 32.7 Å². The highest BCUT2D eigenvalue weighted by Gasteiger charge is 2.11. The van der Waals surface area contributed by atoms with Crippen LogP contribution in [0.3, 0.4) is 0 Å². The van der Waals surface area contributed by atoms with Gasteiger partial charge in [0.05, 0.1) is 5.02 Å². The summed E-state index contributed by atoms with van der Waals surface area (Å²) < 4.78 is 5.28. The zero-order valence-corrected chi connectivity index (χ0v) is 10.2. The second-order valence-electron chi connectivity index (χ2n) is 3.12. The Morgan fingerprint density at radius 2 is 2.25 bits per heavy atom. The monoisotopic (exact) mass is 255 g/mol. The molecule has 0 aliphatic heterocycles. The summed E-state index contributed by atoms with van der Waals surface area (Å²) in [6.07, 6.45) is 0. The van der Waals surface area contributed by atoms with Crippen LogP contribution in [0.5, 0.6) is 0 Å². The summed E-state index contributed by atoms with van der Waals surface area (Å²) >= 11 is 7.43. The molecule has 0 spiro atoms. The average molecular weight is 256 g/mol. The first-order chi connectivity index (χ1) is 7.70. The van der Waals surface area contributed by atoms with E-state index in [0.717, 1.165) is 10.5 Å². The van der Waals surface area contributed by atoms with Crippen LogP contribution in [-0.4, -0.2) is 10.2 Å². The van der Waals surface area contributed by atoms with Gasteiger partial charge in [-0.1, -0.05) is 23.7 Å². The molecule has 0 fully saturated rings. The van der Waals surface area contributed by atoms with E-state index in [4.69, 9.17) is 21.8 Å². The summed E-state index contributed by atoms with van der Waals surface area (Å²) in [4.78, 5) is 0.871. The van der Waals surface area contributed by atoms with Gasteiger partial charge in [-0.25, -0.2) is 0 Å². The second-order valence-corrected chi connectivity index (χ2v) is 4.49. The van der Waals surface area contributed by atoms with Crippen LogP contribution in [-0.2, 0) is 6.54 Å². The molecule has 16 heavy (non-hydrogen) atoms. The maximum absolute atomic E-state index is 6.10. The number of hydrogen-bond donors (Lipinski definition) is 1. The van der Waals surface area contributed by atoms with Crippen molar-refractivity contribution in [2.75, 3.05) is 0 Å². The van der Waals surface area contributed by atoms with Gasteiger partial charge in [-0.3, -0.25) is 0 Å². The molecule has 2 rings (SSSR count). The zero-order valence-electron chi connectivity index (χ0n) is 8.61. The van der Waals surface area contributed by atoms with E-state index < -0.39 is 0 Å². The average Bonchev–Trinajstić information content (AvgIpc) is 2.67. The summed E-state index contributed by atoms with van der Waals surface area (Å²) in [6.45, 7) is 2.17. The minimum absolute atomic E-state index is 0.427. The molecule has 0 unspecified atom stereocenters. The van der Waals surface area contributed by atoms with Gasteiger partial charge < -0.3 is 10.2 Å². The van der Waals surface area contributed by atoms with Crippen molar-refractivity contribution in [2.45, 2.75) is 23.6 Å². The number of rotatable bonds is 3. The second kappa shape index (κ2) is 4.86. The Balaban J connectivity index is 2.33. The molecule has 84 valence electrons. The first-order valence-corrected chi connectivity index (χ1v) is 5.85. The molecular formula is C10H10ClN3OS. The number of nitrogens with two attached hydrogens (primary N) is 1. The molecule has 6 heteroatoms. The molecule has 0 bridgehead atoms. The van der Waals surface area contributed by atoms with Crippen molar-refractivity contribution >= 4 is 23.4 Å². The van der Waals surface area contributed by atoms with E-state index in [2.05, 4.69) is 10.2 Å². The summed E-state index contributed by atoms with van der Waals surface area (Å²) in [5.74, 6) is 0.531. The van der Waals surface area contributed by atoms with Crippen LogP contribution in [0.25, 0.3) is 0 Å². The Bertz CT molecular complexity index is 501. The minimum Gasteiger partial charge on any atom is -0.416 e. The standard InChI is InChI=1S/C10H10ClN3OS/c1-6-13-14-10(15-6)16-9-7(5-12)3-2-4-8(9)11/h2-4H,5,12H2,1H3. The number of halogens is 1. The molecule has 0 atom stereocenters. The molecular weight excluding hydrogens is 246 g/mol. The third kappa shape index (κ3) is 2.37. The highest BCUT2D eigenvalue weighted by molar-refractivity contribution is 7.99. The van der Waals surface area contributed by atoms with Crippen LogP contribution in [0, 0.1) is 6.92 Å². The van der Waals surface area contributed by atoms with E-state index in [1.54, 1.807) is 6.92 Å². The van der Waals surface area contributed by atoms with Crippen molar-refractivity contribution in [1.29, 1.82) is 0 Å². The van der Waals surface area contributed by atoms with Crippen LogP contribution in [0.2, 0.25) is 5.02 Å². The molecule has 0 aliphatic carbocycles. The van der Waals surface area contributed by atoms with Crippen LogP contribution in [0.1, 0.15) is 11.5 Å². The summed E-state index contributed by atoms with van der Waals surface area (Å²) in [5, 5.41) is 8.78. The fourth-order valence-electron chi connectivity index (χ4n) is 1.24. The quantitative estimate of drug-likeness (QED) is 0.913. The van der Waals surface area contributed by atoms with Gasteiger partial charge >= 0.3 is 0 Å². The van der Waals surface area contributed by atoms with Gasteiger partial charge in [-0.05, 0) is 23.4 Å². The van der Waals surface area contributed by atoms with E-state index in [-0.39, 0.29) is 0 Å². The third-order valence-corrected chi connectivity index (χ3v) is 3.42. The lowest BCUT2D eigenvalue weighted by atomic mass is 10.2. The van der Waals surface area contributed by atoms with Gasteiger partial charge in [0.2, 0.25) is 5.89 Å². The molecule has 0 saturated heterocycles. The van der Waals surface area contributed by atoms with E-state index in [0.29, 0.717) is 22.7 Å². The molecule has 0 saturated carbocycles. The predicted octanol–water partition coefficient (Wildman–Crippen LogP) is 2.64. The summed E-state index contributed by atoms with van der Waals surface area (Å²) in [7, 11) is 0. The number of nitrogens with zero attached hydrogens (tertiary/aromatic N) is 2. The topological polar surface area (TPSA) is 64.9 Å². The Morgan fingerprint density at radius 1 is 1.44 bits per heavy atom. The smallest absolute Gasteiger partial charge is 0.281 e. The molecule has 2 N–H and O–H groups in total. The van der Waals surface area contributed by atoms with Crippen molar-refractivity contribution in [2.24, 2.45) is 5.73 Å². The number of aryl methyl sites for hydroxylation is 1. The summed E-state index contributed by atoms with van der Waals surface area (Å²) in [5.41, 5.74) is 6.61. The Labute approximate surface area is 102 Å². The normalized spacial score (nSPS) is 10.7. The fourth-order valence-corrected chi connectivity index (χ4v) is 2.41. The van der Waals surface area contributed by atoms with Crippen LogP contribution in [0.4, 0.5) is 0 Å². The zero-order chi connectivity index (χ0) is 11.5. The van der Waals surface area contributed by atoms with Crippen molar-refractivity contribution in [3.8, 4) is 0 Å². The molecule has 1 heterocycles. The Morgan fingerprint density at radius 3 is 2.88 bits per heavy atom. The lowest BCUT2D eigenvalue weighted by Crippen LogP contribution is -1.98. The van der Waals surface area contributed by atoms with Crippen molar-refractivity contribution in [3.63, 3.8) is 0 Å². The SMILES string of the molecule is Cc1nnc(Sc2c(Cl)cccc2CN)o1. The van der Waals surface area contributed by atoms with Gasteiger partial charge in [0.25, 0.3) is 5.22 Å². The van der Waals surface area contributed by atoms with Gasteiger partial charge in [0, 0.05) is 18.4 Å². The molecule has 0 amide bonds. The predicted molar refractivity (Wildman–Crippen MR) is 62.5 cm³/mol. The van der Waals surface area contributed by atoms with E-state index in [1.165, 1.54) is 11.8 Å². The first kappa shape index (κ1) is 11.4. The molecule has 4 nitrogen and oxygen atoms in total. The first-order valence-electron chi connectivity index (χ1n) is 4.66. The molecule has 1 aromatic heterocycles. The minimum atomic E-state index is 0.427. The van der Waals surface area contributed by atoms with Gasteiger partial charge in [0.15, 0.2) is 0 Å². The molecule has 0 radical (unpaired) electrons. The van der Waals surface area contributed by atoms with E-state index in [1.807, 2.05) is 18.2 Å². The lowest BCUT2D eigenvalue weighted by Gasteiger charge is -2.06. The number of benzene rings is 1. The van der Waals surface area contributed by atoms with Crippen LogP contribution >= 0.6 is 23.4 Å². The van der Waals surface area contributed by atoms with Gasteiger partial charge in [0.1, 0.15) is 0 Å². The maximum Gasteiger partial charge on any atom is 0.281 e. The summed E-state index contributed by atoms with van der Waals surface area (Å²) in [6, 6.07) is 5.61. The molecule has 0 aliphatic rings. The highest BCUT2D eigenvalue weighted by atomic mass is 35.5. The molecule has 1 aromatic carbocycles. The number of aromatic nitrogens is 2. The van der Waals surface area contributed by atoms with Gasteiger partial charge in [-0.15, -0.1) is 10.2 Å². The lowest BCUT2D eigenvalue weighted by molar-refractivity contribution is 0.429. The fraction of sp³-hybridized carbons (Fsp3) is 0.200. The van der Waals surface area contributed by atoms with Gasteiger partial charge in [-0.2, -0.15) is 0 Å². The largest absolute Gasteiger partial charge is 0.416 e. The van der Waals surface area contributed by atoms with Crippen molar-refractivity contribution < 1.29 is 4.42 Å². The third-order valence-electron chi connectivity index (χ3n) is 1.97. The Kier molecular flexibility index (Phi) is 3.48. The van der Waals surface area contributed by atoms with E-state index in [9.17, 15) is 0 Å². The van der Waals surface area contributed by atoms with Crippen molar-refractivity contribution in [3.05, 3.63) is 34.7 Å². The number of hydrogen-bond acceptors (Lipinski definition) is 5. The Hall–Kier alpha value is -1.04. The molecule has 2 aromatic rings. The van der Waals surface area contributed by atoms with Crippen molar-refractivity contribution in [1.82, 2.24) is 10.2 Å². The highest BCUT2D eigenvalue weighted by Crippen LogP contribution is 2.35.